The first-order valence-corrected chi connectivity index (χ1v) is 12.3. The van der Waals surface area contributed by atoms with Crippen molar-refractivity contribution in [2.45, 2.75) is 37.2 Å². The number of carbonyl (C=O) groups is 1. The van der Waals surface area contributed by atoms with Crippen LogP contribution >= 0.6 is 0 Å². The molecule has 3 aromatic rings. The molecule has 0 aliphatic carbocycles. The minimum atomic E-state index is -3.85. The molecule has 1 fully saturated rings. The fourth-order valence-corrected chi connectivity index (χ4v) is 5.37. The summed E-state index contributed by atoms with van der Waals surface area (Å²) in [6.07, 6.45) is 3.53. The van der Waals surface area contributed by atoms with E-state index in [2.05, 4.69) is 10.1 Å². The molecule has 1 aliphatic heterocycles. The summed E-state index contributed by atoms with van der Waals surface area (Å²) in [4.78, 5) is 16.7. The smallest absolute Gasteiger partial charge is 0.338 e. The zero-order valence-electron chi connectivity index (χ0n) is 18.6. The Kier molecular flexibility index (Phi) is 7.23. The van der Waals surface area contributed by atoms with Crippen LogP contribution < -0.4 is 4.74 Å². The molecule has 11 heteroatoms. The quantitative estimate of drug-likeness (QED) is 0.461. The molecule has 34 heavy (non-hydrogen) atoms. The molecule has 0 bridgehead atoms. The lowest BCUT2D eigenvalue weighted by Crippen LogP contribution is -2.32. The fraction of sp³-hybridized carbons (Fsp3) is 0.348. The van der Waals surface area contributed by atoms with E-state index in [0.29, 0.717) is 18.7 Å². The van der Waals surface area contributed by atoms with Gasteiger partial charge in [0.2, 0.25) is 15.8 Å². The molecule has 4 rings (SSSR count). The average Bonchev–Trinajstić information content (AvgIpc) is 3.14. The number of hydrogen-bond donors (Lipinski definition) is 0. The van der Waals surface area contributed by atoms with E-state index >= 15 is 0 Å². The van der Waals surface area contributed by atoms with Gasteiger partial charge in [0.05, 0.1) is 12.7 Å². The van der Waals surface area contributed by atoms with Gasteiger partial charge in [0.1, 0.15) is 16.5 Å². The molecule has 0 atom stereocenters. The van der Waals surface area contributed by atoms with Gasteiger partial charge in [-0.25, -0.2) is 17.6 Å². The monoisotopic (exact) mass is 489 g/mol. The molecule has 0 amide bonds. The Morgan fingerprint density at radius 2 is 1.79 bits per heavy atom. The van der Waals surface area contributed by atoms with Crippen LogP contribution in [0.2, 0.25) is 0 Å². The summed E-state index contributed by atoms with van der Waals surface area (Å²) in [6, 6.07) is 9.66. The maximum absolute atomic E-state index is 13.3. The van der Waals surface area contributed by atoms with Gasteiger partial charge in [-0.1, -0.05) is 18.0 Å². The summed E-state index contributed by atoms with van der Waals surface area (Å²) in [5.41, 5.74) is 0.591. The van der Waals surface area contributed by atoms with Gasteiger partial charge in [-0.15, -0.1) is 0 Å². The third-order valence-corrected chi connectivity index (χ3v) is 7.40. The molecule has 0 spiro atoms. The molecule has 1 aromatic heterocycles. The highest BCUT2D eigenvalue weighted by Gasteiger charge is 2.29. The first-order valence-electron chi connectivity index (χ1n) is 10.8. The van der Waals surface area contributed by atoms with Crippen molar-refractivity contribution in [3.05, 3.63) is 59.7 Å². The van der Waals surface area contributed by atoms with Crippen LogP contribution in [0.25, 0.3) is 11.4 Å². The van der Waals surface area contributed by atoms with Crippen LogP contribution in [0, 0.1) is 5.82 Å². The molecule has 2 aromatic carbocycles. The number of hydrogen-bond acceptors (Lipinski definition) is 8. The lowest BCUT2D eigenvalue weighted by atomic mass is 10.2. The molecule has 1 aliphatic rings. The van der Waals surface area contributed by atoms with Crippen LogP contribution in [-0.4, -0.2) is 49.0 Å². The highest BCUT2D eigenvalue weighted by Crippen LogP contribution is 2.30. The zero-order chi connectivity index (χ0) is 24.1. The number of esters is 1. The number of aromatic nitrogens is 2. The summed E-state index contributed by atoms with van der Waals surface area (Å²) in [5.74, 6) is -0.726. The first kappa shape index (κ1) is 23.8. The predicted molar refractivity (Wildman–Crippen MR) is 119 cm³/mol. The van der Waals surface area contributed by atoms with Gasteiger partial charge in [0.15, 0.2) is 6.61 Å². The minimum Gasteiger partial charge on any atom is -0.495 e. The van der Waals surface area contributed by atoms with Crippen molar-refractivity contribution >= 4 is 16.0 Å². The molecule has 0 N–H and O–H groups in total. The lowest BCUT2D eigenvalue weighted by molar-refractivity contribution is 0.0429. The van der Waals surface area contributed by atoms with E-state index < -0.39 is 21.8 Å². The molecule has 0 radical (unpaired) electrons. The highest BCUT2D eigenvalue weighted by atomic mass is 32.2. The molecule has 0 saturated carbocycles. The van der Waals surface area contributed by atoms with Gasteiger partial charge in [0.25, 0.3) is 5.89 Å². The standard InChI is InChI=1S/C23H24FN3O6S/c1-31-19-11-8-17(14-20(19)34(29,30)27-12-4-2-3-5-13-27)23(28)32-15-21-25-22(26-33-21)16-6-9-18(24)10-7-16/h6-11,14H,2-5,12-13,15H2,1H3. The number of methoxy groups -OCH3 is 1. The number of benzene rings is 2. The van der Waals surface area contributed by atoms with E-state index in [-0.39, 0.29) is 34.5 Å². The number of rotatable bonds is 7. The van der Waals surface area contributed by atoms with E-state index in [9.17, 15) is 17.6 Å². The van der Waals surface area contributed by atoms with E-state index in [4.69, 9.17) is 14.0 Å². The number of carbonyl (C=O) groups excluding carboxylic acids is 1. The predicted octanol–water partition coefficient (Wildman–Crippen LogP) is 3.81. The normalized spacial score (nSPS) is 15.0. The van der Waals surface area contributed by atoms with Gasteiger partial charge < -0.3 is 14.0 Å². The SMILES string of the molecule is COc1ccc(C(=O)OCc2nc(-c3ccc(F)cc3)no2)cc1S(=O)(=O)N1CCCCCC1. The van der Waals surface area contributed by atoms with Gasteiger partial charge in [-0.2, -0.15) is 9.29 Å². The van der Waals surface area contributed by atoms with E-state index in [0.717, 1.165) is 25.7 Å². The topological polar surface area (TPSA) is 112 Å². The van der Waals surface area contributed by atoms with Crippen LogP contribution in [-0.2, 0) is 21.4 Å². The maximum atomic E-state index is 13.3. The largest absolute Gasteiger partial charge is 0.495 e. The summed E-state index contributed by atoms with van der Waals surface area (Å²) >= 11 is 0. The number of halogens is 1. The van der Waals surface area contributed by atoms with Crippen molar-refractivity contribution in [1.82, 2.24) is 14.4 Å². The molecule has 1 saturated heterocycles. The van der Waals surface area contributed by atoms with Crippen molar-refractivity contribution in [2.24, 2.45) is 0 Å². The number of sulfonamides is 1. The Morgan fingerprint density at radius 3 is 2.47 bits per heavy atom. The van der Waals surface area contributed by atoms with Crippen molar-refractivity contribution in [3.63, 3.8) is 0 Å². The number of nitrogens with zero attached hydrogens (tertiary/aromatic N) is 3. The summed E-state index contributed by atoms with van der Waals surface area (Å²) in [5, 5.41) is 3.79. The second-order valence-corrected chi connectivity index (χ2v) is 9.69. The Balaban J connectivity index is 1.49. The minimum absolute atomic E-state index is 0.0404. The first-order chi connectivity index (χ1) is 16.4. The Bertz CT molecular complexity index is 1250. The Morgan fingerprint density at radius 1 is 1.09 bits per heavy atom. The van der Waals surface area contributed by atoms with Crippen molar-refractivity contribution in [1.29, 1.82) is 0 Å². The van der Waals surface area contributed by atoms with E-state index in [1.165, 1.54) is 53.9 Å². The molecular weight excluding hydrogens is 465 g/mol. The van der Waals surface area contributed by atoms with Crippen LogP contribution in [0.1, 0.15) is 41.9 Å². The maximum Gasteiger partial charge on any atom is 0.338 e. The Labute approximate surface area is 196 Å². The Hall–Kier alpha value is -3.31. The average molecular weight is 490 g/mol. The van der Waals surface area contributed by atoms with Crippen LogP contribution in [0.15, 0.2) is 51.9 Å². The number of ether oxygens (including phenoxy) is 2. The van der Waals surface area contributed by atoms with Crippen molar-refractivity contribution in [2.75, 3.05) is 20.2 Å². The molecule has 0 unspecified atom stereocenters. The summed E-state index contributed by atoms with van der Waals surface area (Å²) in [7, 11) is -2.47. The van der Waals surface area contributed by atoms with Crippen LogP contribution in [0.3, 0.4) is 0 Å². The van der Waals surface area contributed by atoms with Crippen molar-refractivity contribution in [3.8, 4) is 17.1 Å². The van der Waals surface area contributed by atoms with Crippen LogP contribution in [0.4, 0.5) is 4.39 Å². The second-order valence-electron chi connectivity index (χ2n) is 7.78. The van der Waals surface area contributed by atoms with Crippen molar-refractivity contribution < 1.29 is 31.6 Å². The molecule has 2 heterocycles. The lowest BCUT2D eigenvalue weighted by Gasteiger charge is -2.21. The van der Waals surface area contributed by atoms with E-state index in [1.807, 2.05) is 0 Å². The van der Waals surface area contributed by atoms with Crippen LogP contribution in [0.5, 0.6) is 5.75 Å². The third-order valence-electron chi connectivity index (χ3n) is 5.48. The van der Waals surface area contributed by atoms with Gasteiger partial charge in [-0.05, 0) is 55.3 Å². The van der Waals surface area contributed by atoms with Gasteiger partial charge >= 0.3 is 5.97 Å². The molecule has 180 valence electrons. The second kappa shape index (κ2) is 10.3. The van der Waals surface area contributed by atoms with E-state index in [1.54, 1.807) is 0 Å². The van der Waals surface area contributed by atoms with Gasteiger partial charge in [0, 0.05) is 18.7 Å². The summed E-state index contributed by atoms with van der Waals surface area (Å²) in [6.45, 7) is 0.536. The third kappa shape index (κ3) is 5.26. The zero-order valence-corrected chi connectivity index (χ0v) is 19.4. The molecule has 9 nitrogen and oxygen atoms in total. The molecular formula is C23H24FN3O6S. The fourth-order valence-electron chi connectivity index (χ4n) is 3.67. The highest BCUT2D eigenvalue weighted by molar-refractivity contribution is 7.89. The summed E-state index contributed by atoms with van der Waals surface area (Å²) < 4.78 is 56.6. The van der Waals surface area contributed by atoms with Gasteiger partial charge in [-0.3, -0.25) is 0 Å².